The Morgan fingerprint density at radius 2 is 1.53 bits per heavy atom. The molecule has 43 heavy (non-hydrogen) atoms. The molecule has 2 heterocycles. The molecule has 2 aliphatic rings. The van der Waals surface area contributed by atoms with Gasteiger partial charge in [-0.1, -0.05) is 13.8 Å². The maximum atomic E-state index is 13.3. The van der Waals surface area contributed by atoms with Gasteiger partial charge in [-0.3, -0.25) is 29.8 Å². The number of thioether (sulfide) groups is 2. The summed E-state index contributed by atoms with van der Waals surface area (Å²) >= 11 is 2.86. The minimum absolute atomic E-state index is 0.0529. The number of nitrogens with two attached hydrogens (primary N) is 1. The quantitative estimate of drug-likeness (QED) is 0.137. The van der Waals surface area contributed by atoms with Crippen molar-refractivity contribution in [2.45, 2.75) is 50.8 Å². The highest BCUT2D eigenvalue weighted by molar-refractivity contribution is 8.03. The molecule has 228 valence electrons. The van der Waals surface area contributed by atoms with Crippen molar-refractivity contribution in [2.24, 2.45) is 11.7 Å². The first-order valence-electron chi connectivity index (χ1n) is 13.4. The highest BCUT2D eigenvalue weighted by atomic mass is 32.2. The van der Waals surface area contributed by atoms with Gasteiger partial charge in [0.2, 0.25) is 5.91 Å². The Labute approximate surface area is 255 Å². The molecule has 1 saturated heterocycles. The minimum atomic E-state index is -1.04. The second-order valence-electron chi connectivity index (χ2n) is 9.89. The van der Waals surface area contributed by atoms with Crippen molar-refractivity contribution >= 4 is 52.7 Å². The van der Waals surface area contributed by atoms with Crippen LogP contribution in [0, 0.1) is 26.1 Å². The molecule has 2 N–H and O–H groups in total. The zero-order chi connectivity index (χ0) is 31.3. The summed E-state index contributed by atoms with van der Waals surface area (Å²) in [6.07, 6.45) is 0.419. The van der Waals surface area contributed by atoms with Gasteiger partial charge >= 0.3 is 11.9 Å². The molecule has 15 heteroatoms. The summed E-state index contributed by atoms with van der Waals surface area (Å²) < 4.78 is 10.8. The van der Waals surface area contributed by atoms with Gasteiger partial charge in [-0.2, -0.15) is 11.8 Å². The van der Waals surface area contributed by atoms with E-state index in [1.54, 1.807) is 11.8 Å². The fourth-order valence-corrected chi connectivity index (χ4v) is 7.02. The van der Waals surface area contributed by atoms with Crippen LogP contribution >= 0.6 is 23.5 Å². The Hall–Kier alpha value is -3.95. The molecule has 13 nitrogen and oxygen atoms in total. The molecule has 4 rings (SSSR count). The van der Waals surface area contributed by atoms with Gasteiger partial charge in [-0.15, -0.1) is 11.8 Å². The molecule has 0 bridgehead atoms. The predicted molar refractivity (Wildman–Crippen MR) is 160 cm³/mol. The topological polar surface area (TPSA) is 185 Å². The monoisotopic (exact) mass is 630 g/mol. The predicted octanol–water partition coefficient (Wildman–Crippen LogP) is 3.93. The highest BCUT2D eigenvalue weighted by Crippen LogP contribution is 2.49. The molecule has 0 radical (unpaired) electrons. The average Bonchev–Trinajstić information content (AvgIpc) is 3.32. The maximum absolute atomic E-state index is 13.3. The van der Waals surface area contributed by atoms with Crippen molar-refractivity contribution < 1.29 is 33.7 Å². The first-order valence-corrected chi connectivity index (χ1v) is 15.4. The number of carbonyl (C=O) groups excluding carboxylic acids is 3. The number of benzene rings is 2. The van der Waals surface area contributed by atoms with Crippen LogP contribution in [0.2, 0.25) is 0 Å². The van der Waals surface area contributed by atoms with Crippen molar-refractivity contribution in [3.8, 4) is 0 Å². The average molecular weight is 631 g/mol. The smallest absolute Gasteiger partial charge is 0.356 e. The molecule has 2 aliphatic heterocycles. The Morgan fingerprint density at radius 1 is 1.00 bits per heavy atom. The van der Waals surface area contributed by atoms with E-state index >= 15 is 0 Å². The Kier molecular flexibility index (Phi) is 10.4. The molecule has 0 saturated carbocycles. The van der Waals surface area contributed by atoms with Gasteiger partial charge in [0, 0.05) is 46.6 Å². The summed E-state index contributed by atoms with van der Waals surface area (Å²) in [6, 6.07) is 9.95. The lowest BCUT2D eigenvalue weighted by molar-refractivity contribution is -0.385. The van der Waals surface area contributed by atoms with Crippen molar-refractivity contribution in [2.75, 3.05) is 11.5 Å². The molecule has 0 aliphatic carbocycles. The van der Waals surface area contributed by atoms with E-state index < -0.39 is 27.8 Å². The van der Waals surface area contributed by atoms with Crippen molar-refractivity contribution in [3.63, 3.8) is 0 Å². The van der Waals surface area contributed by atoms with Crippen LogP contribution in [-0.4, -0.2) is 61.4 Å². The number of nitro benzene ring substituents is 2. The van der Waals surface area contributed by atoms with Gasteiger partial charge in [0.05, 0.1) is 21.8 Å². The van der Waals surface area contributed by atoms with E-state index in [-0.39, 0.29) is 59.2 Å². The third kappa shape index (κ3) is 7.35. The van der Waals surface area contributed by atoms with Crippen LogP contribution < -0.4 is 5.73 Å². The number of amides is 1. The SMILES string of the molecule is CCS[C@H](C)[C@H]1C(=O)N2C(C(=O)OCc3ccc([N+](=O)[O-])cc3)=C(SCC(N)C(=O)OCc3ccc([N+](=O)[O-])cc3)C[C@H]12. The van der Waals surface area contributed by atoms with Gasteiger partial charge < -0.3 is 20.1 Å². The number of fused-ring (bicyclic) bond motifs is 1. The van der Waals surface area contributed by atoms with Crippen LogP contribution in [0.4, 0.5) is 11.4 Å². The van der Waals surface area contributed by atoms with E-state index in [1.807, 2.05) is 13.8 Å². The number of β-lactam (4-membered cyclic amide) rings is 1. The summed E-state index contributed by atoms with van der Waals surface area (Å²) in [6.45, 7) is 3.74. The van der Waals surface area contributed by atoms with Crippen LogP contribution in [0.15, 0.2) is 59.1 Å². The van der Waals surface area contributed by atoms with E-state index in [0.29, 0.717) is 22.5 Å². The zero-order valence-corrected chi connectivity index (χ0v) is 25.0. The van der Waals surface area contributed by atoms with Crippen LogP contribution in [0.3, 0.4) is 0 Å². The van der Waals surface area contributed by atoms with Gasteiger partial charge in [-0.05, 0) is 41.1 Å². The first kappa shape index (κ1) is 32.0. The lowest BCUT2D eigenvalue weighted by Crippen LogP contribution is -2.61. The zero-order valence-electron chi connectivity index (χ0n) is 23.4. The van der Waals surface area contributed by atoms with Gasteiger partial charge in [0.1, 0.15) is 25.0 Å². The number of hydrogen-bond donors (Lipinski definition) is 1. The first-order chi connectivity index (χ1) is 20.5. The van der Waals surface area contributed by atoms with Gasteiger partial charge in [0.25, 0.3) is 11.4 Å². The van der Waals surface area contributed by atoms with Gasteiger partial charge in [0.15, 0.2) is 0 Å². The third-order valence-corrected chi connectivity index (χ3v) is 9.47. The number of nitrogens with zero attached hydrogens (tertiary/aromatic N) is 3. The molecular weight excluding hydrogens is 600 g/mol. The number of rotatable bonds is 14. The number of esters is 2. The standard InChI is InChI=1S/C28H30N4O9S2/c1-3-42-16(2)24-22-12-23(43-15-21(29)27(34)40-13-17-4-8-19(9-5-17)31(36)37)25(30(22)26(24)33)28(35)41-14-18-6-10-20(11-7-18)32(38)39/h4-11,16,21-22,24H,3,12-15,29H2,1-2H3/t16-,21?,22-,24-/m1/s1. The highest BCUT2D eigenvalue weighted by Gasteiger charge is 2.57. The molecule has 1 fully saturated rings. The van der Waals surface area contributed by atoms with E-state index in [0.717, 1.165) is 5.75 Å². The normalized spacial score (nSPS) is 18.9. The molecule has 0 aromatic heterocycles. The van der Waals surface area contributed by atoms with Gasteiger partial charge in [-0.25, -0.2) is 4.79 Å². The van der Waals surface area contributed by atoms with Crippen molar-refractivity contribution in [1.29, 1.82) is 0 Å². The third-order valence-electron chi connectivity index (χ3n) is 7.08. The van der Waals surface area contributed by atoms with Crippen LogP contribution in [0.1, 0.15) is 31.4 Å². The molecule has 0 spiro atoms. The fourth-order valence-electron chi connectivity index (χ4n) is 4.87. The van der Waals surface area contributed by atoms with Crippen molar-refractivity contribution in [1.82, 2.24) is 4.90 Å². The summed E-state index contributed by atoms with van der Waals surface area (Å²) in [5.74, 6) is -0.902. The van der Waals surface area contributed by atoms with Crippen LogP contribution in [0.5, 0.6) is 0 Å². The molecule has 1 unspecified atom stereocenters. The maximum Gasteiger partial charge on any atom is 0.356 e. The number of carbonyl (C=O) groups is 3. The Morgan fingerprint density at radius 3 is 2.05 bits per heavy atom. The number of nitro groups is 2. The molecule has 1 amide bonds. The summed E-state index contributed by atoms with van der Waals surface area (Å²) in [5.41, 5.74) is 7.14. The van der Waals surface area contributed by atoms with E-state index in [9.17, 15) is 34.6 Å². The number of non-ortho nitro benzene ring substituents is 2. The van der Waals surface area contributed by atoms with E-state index in [2.05, 4.69) is 0 Å². The largest absolute Gasteiger partial charge is 0.460 e. The molecule has 2 aromatic carbocycles. The molecule has 2 aromatic rings. The van der Waals surface area contributed by atoms with E-state index in [1.165, 1.54) is 65.2 Å². The van der Waals surface area contributed by atoms with E-state index in [4.69, 9.17) is 15.2 Å². The summed E-state index contributed by atoms with van der Waals surface area (Å²) in [7, 11) is 0. The second kappa shape index (κ2) is 14.0. The Balaban J connectivity index is 1.41. The molecular formula is C28H30N4O9S2. The fraction of sp³-hybridized carbons (Fsp3) is 0.393. The number of ether oxygens (including phenoxy) is 2. The van der Waals surface area contributed by atoms with Crippen molar-refractivity contribution in [3.05, 3.63) is 90.5 Å². The lowest BCUT2D eigenvalue weighted by atomic mass is 9.85. The summed E-state index contributed by atoms with van der Waals surface area (Å²) in [4.78, 5) is 61.7. The van der Waals surface area contributed by atoms with Crippen LogP contribution in [-0.2, 0) is 37.1 Å². The molecule has 4 atom stereocenters. The number of hydrogen-bond acceptors (Lipinski definition) is 12. The summed E-state index contributed by atoms with van der Waals surface area (Å²) in [5, 5.41) is 21.8. The second-order valence-corrected chi connectivity index (χ2v) is 12.7. The lowest BCUT2D eigenvalue weighted by Gasteiger charge is -2.46. The Bertz CT molecular complexity index is 1430. The minimum Gasteiger partial charge on any atom is -0.460 e. The van der Waals surface area contributed by atoms with Crippen LogP contribution in [0.25, 0.3) is 0 Å².